The number of carbonyl (C=O) groups is 2. The Hall–Kier alpha value is -2.04. The maximum atomic E-state index is 12.3. The Morgan fingerprint density at radius 2 is 1.91 bits per heavy atom. The molecule has 0 radical (unpaired) electrons. The number of anilines is 1. The first kappa shape index (κ1) is 15.8. The number of urea groups is 1. The first-order chi connectivity index (χ1) is 11.1. The van der Waals surface area contributed by atoms with Crippen LogP contribution in [0.5, 0.6) is 0 Å². The van der Waals surface area contributed by atoms with E-state index in [1.807, 2.05) is 12.1 Å². The van der Waals surface area contributed by atoms with Gasteiger partial charge in [-0.1, -0.05) is 26.0 Å². The van der Waals surface area contributed by atoms with Gasteiger partial charge >= 0.3 is 6.03 Å². The summed E-state index contributed by atoms with van der Waals surface area (Å²) >= 11 is 0. The summed E-state index contributed by atoms with van der Waals surface area (Å²) in [6.07, 6.45) is 3.89. The van der Waals surface area contributed by atoms with E-state index >= 15 is 0 Å². The first-order valence-corrected chi connectivity index (χ1v) is 8.59. The van der Waals surface area contributed by atoms with Gasteiger partial charge in [0.05, 0.1) is 6.04 Å². The van der Waals surface area contributed by atoms with E-state index in [9.17, 15) is 9.59 Å². The number of hydrogen-bond acceptors (Lipinski definition) is 2. The zero-order valence-corrected chi connectivity index (χ0v) is 13.9. The van der Waals surface area contributed by atoms with E-state index in [0.29, 0.717) is 13.1 Å². The van der Waals surface area contributed by atoms with Crippen LogP contribution in [0.25, 0.3) is 0 Å². The minimum Gasteiger partial charge on any atom is -0.350 e. The summed E-state index contributed by atoms with van der Waals surface area (Å²) in [7, 11) is 0. The number of carbonyl (C=O) groups excluding carboxylic acids is 2. The molecule has 3 amide bonds. The molecule has 5 nitrogen and oxygen atoms in total. The van der Waals surface area contributed by atoms with Gasteiger partial charge in [-0.25, -0.2) is 4.79 Å². The number of nitrogens with one attached hydrogen (secondary N) is 2. The molecule has 1 aromatic carbocycles. The van der Waals surface area contributed by atoms with Crippen LogP contribution < -0.4 is 10.6 Å². The Labute approximate surface area is 137 Å². The summed E-state index contributed by atoms with van der Waals surface area (Å²) in [6.45, 7) is 5.43. The predicted molar refractivity (Wildman–Crippen MR) is 90.4 cm³/mol. The van der Waals surface area contributed by atoms with Crippen molar-refractivity contribution in [2.24, 2.45) is 5.92 Å². The van der Waals surface area contributed by atoms with Crippen LogP contribution in [-0.4, -0.2) is 36.0 Å². The quantitative estimate of drug-likeness (QED) is 0.877. The van der Waals surface area contributed by atoms with Crippen molar-refractivity contribution >= 4 is 17.6 Å². The summed E-state index contributed by atoms with van der Waals surface area (Å²) in [5.41, 5.74) is 3.40. The fourth-order valence-corrected chi connectivity index (χ4v) is 3.10. The molecule has 5 heteroatoms. The summed E-state index contributed by atoms with van der Waals surface area (Å²) in [6, 6.07) is 6.10. The van der Waals surface area contributed by atoms with Crippen LogP contribution in [0.15, 0.2) is 18.2 Å². The third-order valence-electron chi connectivity index (χ3n) is 4.71. The molecule has 0 spiro atoms. The van der Waals surface area contributed by atoms with Crippen molar-refractivity contribution in [3.63, 3.8) is 0 Å². The molecule has 1 aromatic rings. The molecular weight excluding hydrogens is 290 g/mol. The lowest BCUT2D eigenvalue weighted by atomic mass is 10.0. The van der Waals surface area contributed by atoms with Gasteiger partial charge in [-0.3, -0.25) is 4.79 Å². The molecule has 1 aliphatic carbocycles. The van der Waals surface area contributed by atoms with Crippen LogP contribution in [-0.2, 0) is 17.6 Å². The van der Waals surface area contributed by atoms with Gasteiger partial charge in [0.1, 0.15) is 0 Å². The maximum absolute atomic E-state index is 12.3. The Morgan fingerprint density at radius 3 is 2.52 bits per heavy atom. The molecular formula is C18H25N3O2. The van der Waals surface area contributed by atoms with Crippen molar-refractivity contribution in [3.8, 4) is 0 Å². The average molecular weight is 315 g/mol. The Bertz CT molecular complexity index is 604. The second kappa shape index (κ2) is 6.60. The molecule has 1 saturated carbocycles. The predicted octanol–water partition coefficient (Wildman–Crippen LogP) is 2.55. The number of benzene rings is 1. The zero-order valence-electron chi connectivity index (χ0n) is 13.9. The second-order valence-electron chi connectivity index (χ2n) is 6.47. The Kier molecular flexibility index (Phi) is 4.55. The molecule has 2 N–H and O–H groups in total. The highest BCUT2D eigenvalue weighted by Crippen LogP contribution is 2.29. The molecule has 0 atom stereocenters. The number of aryl methyl sites for hydroxylation is 1. The zero-order chi connectivity index (χ0) is 16.4. The van der Waals surface area contributed by atoms with Crippen molar-refractivity contribution in [2.45, 2.75) is 45.6 Å². The van der Waals surface area contributed by atoms with Crippen LogP contribution in [0, 0.1) is 5.92 Å². The second-order valence-corrected chi connectivity index (χ2v) is 6.47. The smallest absolute Gasteiger partial charge is 0.321 e. The number of rotatable bonds is 5. The van der Waals surface area contributed by atoms with Crippen molar-refractivity contribution in [1.29, 1.82) is 0 Å². The lowest BCUT2D eigenvalue weighted by Crippen LogP contribution is -2.62. The normalized spacial score (nSPS) is 17.6. The fourth-order valence-electron chi connectivity index (χ4n) is 3.10. The maximum Gasteiger partial charge on any atom is 0.321 e. The summed E-state index contributed by atoms with van der Waals surface area (Å²) in [5.74, 6) is 0.376. The molecule has 0 aromatic heterocycles. The number of hydrogen-bond donors (Lipinski definition) is 2. The van der Waals surface area contributed by atoms with Crippen molar-refractivity contribution in [2.75, 3.05) is 18.4 Å². The Morgan fingerprint density at radius 1 is 1.17 bits per heavy atom. The number of amides is 3. The average Bonchev–Trinajstić information content (AvgIpc) is 3.34. The van der Waals surface area contributed by atoms with Crippen LogP contribution in [0.3, 0.4) is 0 Å². The van der Waals surface area contributed by atoms with E-state index in [2.05, 4.69) is 30.5 Å². The molecule has 0 bridgehead atoms. The van der Waals surface area contributed by atoms with Crippen LogP contribution in [0.1, 0.15) is 37.8 Å². The first-order valence-electron chi connectivity index (χ1n) is 8.59. The van der Waals surface area contributed by atoms with Gasteiger partial charge in [0, 0.05) is 24.7 Å². The van der Waals surface area contributed by atoms with E-state index in [-0.39, 0.29) is 23.9 Å². The largest absolute Gasteiger partial charge is 0.350 e. The fraction of sp³-hybridized carbons (Fsp3) is 0.556. The van der Waals surface area contributed by atoms with Crippen LogP contribution in [0.2, 0.25) is 0 Å². The van der Waals surface area contributed by atoms with Gasteiger partial charge in [0.25, 0.3) is 0 Å². The third kappa shape index (κ3) is 3.49. The van der Waals surface area contributed by atoms with E-state index < -0.39 is 0 Å². The molecule has 2 fully saturated rings. The lowest BCUT2D eigenvalue weighted by Gasteiger charge is -2.39. The van der Waals surface area contributed by atoms with Crippen molar-refractivity contribution in [1.82, 2.24) is 10.2 Å². The monoisotopic (exact) mass is 315 g/mol. The van der Waals surface area contributed by atoms with Gasteiger partial charge in [-0.2, -0.15) is 0 Å². The van der Waals surface area contributed by atoms with Gasteiger partial charge in [-0.15, -0.1) is 0 Å². The van der Waals surface area contributed by atoms with Crippen LogP contribution in [0.4, 0.5) is 10.5 Å². The molecule has 124 valence electrons. The van der Waals surface area contributed by atoms with Crippen molar-refractivity contribution < 1.29 is 9.59 Å². The highest BCUT2D eigenvalue weighted by Gasteiger charge is 2.36. The molecule has 23 heavy (non-hydrogen) atoms. The van der Waals surface area contributed by atoms with Gasteiger partial charge in [-0.05, 0) is 42.9 Å². The minimum atomic E-state index is -0.0788. The molecule has 2 aliphatic rings. The number of nitrogens with zero attached hydrogens (tertiary/aromatic N) is 1. The van der Waals surface area contributed by atoms with E-state index in [4.69, 9.17) is 0 Å². The van der Waals surface area contributed by atoms with E-state index in [1.54, 1.807) is 4.90 Å². The van der Waals surface area contributed by atoms with Gasteiger partial charge < -0.3 is 15.5 Å². The highest BCUT2D eigenvalue weighted by atomic mass is 16.2. The summed E-state index contributed by atoms with van der Waals surface area (Å²) in [5, 5.41) is 6.03. The standard InChI is InChI=1S/C18H25N3O2/c1-3-12-6-5-7-16(15(12)4-2)20-18(23)21-10-14(11-21)19-17(22)13-8-9-13/h5-7,13-14H,3-4,8-11H2,1-2H3,(H,19,22)(H,20,23). The molecule has 1 heterocycles. The number of likely N-dealkylation sites (tertiary alicyclic amines) is 1. The summed E-state index contributed by atoms with van der Waals surface area (Å²) in [4.78, 5) is 25.8. The molecule has 0 unspecified atom stereocenters. The molecule has 1 aliphatic heterocycles. The molecule has 3 rings (SSSR count). The minimum absolute atomic E-state index is 0.0788. The van der Waals surface area contributed by atoms with Crippen LogP contribution >= 0.6 is 0 Å². The summed E-state index contributed by atoms with van der Waals surface area (Å²) < 4.78 is 0. The van der Waals surface area contributed by atoms with Gasteiger partial charge in [0.2, 0.25) is 5.91 Å². The van der Waals surface area contributed by atoms with Crippen molar-refractivity contribution in [3.05, 3.63) is 29.3 Å². The third-order valence-corrected chi connectivity index (χ3v) is 4.71. The topological polar surface area (TPSA) is 61.4 Å². The Balaban J connectivity index is 1.53. The van der Waals surface area contributed by atoms with Gasteiger partial charge in [0.15, 0.2) is 0 Å². The molecule has 1 saturated heterocycles. The lowest BCUT2D eigenvalue weighted by molar-refractivity contribution is -0.123. The van der Waals surface area contributed by atoms with E-state index in [1.165, 1.54) is 11.1 Å². The SMILES string of the molecule is CCc1cccc(NC(=O)N2CC(NC(=O)C3CC3)C2)c1CC. The van der Waals surface area contributed by atoms with E-state index in [0.717, 1.165) is 31.4 Å². The highest BCUT2D eigenvalue weighted by molar-refractivity contribution is 5.91.